The zero-order chi connectivity index (χ0) is 16.9. The molecule has 0 saturated heterocycles. The van der Waals surface area contributed by atoms with E-state index < -0.39 is 0 Å². The van der Waals surface area contributed by atoms with Crippen molar-refractivity contribution in [2.24, 2.45) is 0 Å². The summed E-state index contributed by atoms with van der Waals surface area (Å²) in [4.78, 5) is 2.52. The van der Waals surface area contributed by atoms with Crippen molar-refractivity contribution in [2.45, 2.75) is 39.7 Å². The van der Waals surface area contributed by atoms with Crippen molar-refractivity contribution in [1.82, 2.24) is 4.90 Å². The van der Waals surface area contributed by atoms with E-state index >= 15 is 0 Å². The molecule has 0 atom stereocenters. The highest BCUT2D eigenvalue weighted by Crippen LogP contribution is 2.45. The van der Waals surface area contributed by atoms with Gasteiger partial charge < -0.3 is 14.7 Å². The molecule has 136 valence electrons. The first kappa shape index (κ1) is 19.6. The Kier molecular flexibility index (Phi) is 7.15. The van der Waals surface area contributed by atoms with Crippen molar-refractivity contribution in [2.75, 3.05) is 19.6 Å². The standard InChI is InChI=1S/C21H27NO2.ClH/c1-3-12-22(13-4-2)14-11-16-9-10-19(23)21-20(16)18-8-6-5-7-17(18)15-24-21;/h5-10,23H,3-4,11-15H2,1-2H3;1H. The number of hydrogen-bond acceptors (Lipinski definition) is 3. The van der Waals surface area contributed by atoms with Crippen molar-refractivity contribution in [3.8, 4) is 22.6 Å². The van der Waals surface area contributed by atoms with Crippen LogP contribution in [0.3, 0.4) is 0 Å². The predicted molar refractivity (Wildman–Crippen MR) is 106 cm³/mol. The van der Waals surface area contributed by atoms with Gasteiger partial charge in [-0.2, -0.15) is 0 Å². The molecule has 3 rings (SSSR count). The molecule has 0 aromatic heterocycles. The summed E-state index contributed by atoms with van der Waals surface area (Å²) in [5, 5.41) is 10.2. The summed E-state index contributed by atoms with van der Waals surface area (Å²) in [5.41, 5.74) is 4.72. The number of nitrogens with zero attached hydrogens (tertiary/aromatic N) is 1. The van der Waals surface area contributed by atoms with E-state index in [1.807, 2.05) is 6.07 Å². The van der Waals surface area contributed by atoms with E-state index in [-0.39, 0.29) is 18.2 Å². The molecule has 0 saturated carbocycles. The first-order valence-electron chi connectivity index (χ1n) is 9.02. The predicted octanol–water partition coefficient (Wildman–Crippen LogP) is 5.04. The Morgan fingerprint density at radius 3 is 2.44 bits per heavy atom. The number of phenolic OH excluding ortho intramolecular Hbond substituents is 1. The highest BCUT2D eigenvalue weighted by molar-refractivity contribution is 5.85. The van der Waals surface area contributed by atoms with E-state index in [9.17, 15) is 5.11 Å². The topological polar surface area (TPSA) is 32.7 Å². The third-order valence-corrected chi connectivity index (χ3v) is 4.66. The van der Waals surface area contributed by atoms with Gasteiger partial charge in [0.25, 0.3) is 0 Å². The largest absolute Gasteiger partial charge is 0.504 e. The second-order valence-corrected chi connectivity index (χ2v) is 6.49. The van der Waals surface area contributed by atoms with Crippen LogP contribution in [0.25, 0.3) is 11.1 Å². The third-order valence-electron chi connectivity index (χ3n) is 4.66. The molecule has 0 amide bonds. The molecule has 1 aliphatic rings. The van der Waals surface area contributed by atoms with Crippen LogP contribution in [0, 0.1) is 0 Å². The van der Waals surface area contributed by atoms with Crippen LogP contribution >= 0.6 is 12.4 Å². The van der Waals surface area contributed by atoms with Crippen LogP contribution in [0.15, 0.2) is 36.4 Å². The van der Waals surface area contributed by atoms with Gasteiger partial charge in [-0.15, -0.1) is 12.4 Å². The fraction of sp³-hybridized carbons (Fsp3) is 0.429. The fourth-order valence-corrected chi connectivity index (χ4v) is 3.55. The van der Waals surface area contributed by atoms with Gasteiger partial charge in [-0.1, -0.05) is 44.2 Å². The quantitative estimate of drug-likeness (QED) is 0.750. The third kappa shape index (κ3) is 4.28. The molecule has 1 N–H and O–H groups in total. The molecule has 0 aliphatic carbocycles. The second-order valence-electron chi connectivity index (χ2n) is 6.49. The Bertz CT molecular complexity index is 696. The summed E-state index contributed by atoms with van der Waals surface area (Å²) < 4.78 is 5.86. The zero-order valence-electron chi connectivity index (χ0n) is 15.1. The molecule has 2 aromatic rings. The summed E-state index contributed by atoms with van der Waals surface area (Å²) in [5.74, 6) is 0.881. The number of phenols is 1. The number of benzene rings is 2. The van der Waals surface area contributed by atoms with E-state index in [2.05, 4.69) is 43.0 Å². The molecule has 4 heteroatoms. The van der Waals surface area contributed by atoms with Gasteiger partial charge in [0.05, 0.1) is 0 Å². The Morgan fingerprint density at radius 1 is 1.00 bits per heavy atom. The molecular formula is C21H28ClNO2. The summed E-state index contributed by atoms with van der Waals surface area (Å²) in [7, 11) is 0. The zero-order valence-corrected chi connectivity index (χ0v) is 15.9. The number of halogens is 1. The summed E-state index contributed by atoms with van der Waals surface area (Å²) in [6.45, 7) is 8.31. The molecule has 0 spiro atoms. The van der Waals surface area contributed by atoms with Crippen LogP contribution in [0.1, 0.15) is 37.8 Å². The molecular weight excluding hydrogens is 334 g/mol. The van der Waals surface area contributed by atoms with Crippen LogP contribution < -0.4 is 4.74 Å². The minimum atomic E-state index is 0. The molecule has 1 heterocycles. The maximum Gasteiger partial charge on any atom is 0.169 e. The SMILES string of the molecule is CCCN(CCC)CCc1ccc(O)c2c1-c1ccccc1CO2.Cl. The summed E-state index contributed by atoms with van der Waals surface area (Å²) in [6, 6.07) is 12.2. The van der Waals surface area contributed by atoms with Crippen LogP contribution in [0.2, 0.25) is 0 Å². The molecule has 0 bridgehead atoms. The van der Waals surface area contributed by atoms with E-state index in [1.54, 1.807) is 6.07 Å². The lowest BCUT2D eigenvalue weighted by atomic mass is 9.91. The average molecular weight is 362 g/mol. The normalized spacial score (nSPS) is 12.1. The lowest BCUT2D eigenvalue weighted by Crippen LogP contribution is -2.28. The van der Waals surface area contributed by atoms with Crippen molar-refractivity contribution in [3.63, 3.8) is 0 Å². The fourth-order valence-electron chi connectivity index (χ4n) is 3.55. The number of ether oxygens (including phenoxy) is 1. The Labute approximate surface area is 157 Å². The Balaban J connectivity index is 0.00000225. The number of aromatic hydroxyl groups is 1. The maximum atomic E-state index is 10.2. The van der Waals surface area contributed by atoms with Crippen molar-refractivity contribution in [1.29, 1.82) is 0 Å². The molecule has 0 radical (unpaired) electrons. The van der Waals surface area contributed by atoms with Gasteiger partial charge in [0.1, 0.15) is 6.61 Å². The second kappa shape index (κ2) is 9.12. The first-order chi connectivity index (χ1) is 11.7. The lowest BCUT2D eigenvalue weighted by molar-refractivity contribution is 0.275. The Hall–Kier alpha value is -1.71. The van der Waals surface area contributed by atoms with E-state index in [1.165, 1.54) is 29.5 Å². The first-order valence-corrected chi connectivity index (χ1v) is 9.02. The van der Waals surface area contributed by atoms with Crippen LogP contribution in [0.4, 0.5) is 0 Å². The average Bonchev–Trinajstić information content (AvgIpc) is 2.61. The molecule has 2 aromatic carbocycles. The van der Waals surface area contributed by atoms with Gasteiger partial charge in [0.2, 0.25) is 0 Å². The summed E-state index contributed by atoms with van der Waals surface area (Å²) in [6.07, 6.45) is 3.33. The minimum Gasteiger partial charge on any atom is -0.504 e. The van der Waals surface area contributed by atoms with E-state index in [0.717, 1.165) is 31.6 Å². The maximum absolute atomic E-state index is 10.2. The summed E-state index contributed by atoms with van der Waals surface area (Å²) >= 11 is 0. The molecule has 0 unspecified atom stereocenters. The van der Waals surface area contributed by atoms with Gasteiger partial charge in [-0.05, 0) is 55.1 Å². The number of hydrogen-bond donors (Lipinski definition) is 1. The highest BCUT2D eigenvalue weighted by atomic mass is 35.5. The molecule has 0 fully saturated rings. The monoisotopic (exact) mass is 361 g/mol. The Morgan fingerprint density at radius 2 is 1.72 bits per heavy atom. The van der Waals surface area contributed by atoms with Crippen molar-refractivity contribution < 1.29 is 9.84 Å². The number of fused-ring (bicyclic) bond motifs is 3. The molecule has 25 heavy (non-hydrogen) atoms. The highest BCUT2D eigenvalue weighted by Gasteiger charge is 2.23. The minimum absolute atomic E-state index is 0. The lowest BCUT2D eigenvalue weighted by Gasteiger charge is -2.26. The smallest absolute Gasteiger partial charge is 0.169 e. The molecule has 1 aliphatic heterocycles. The van der Waals surface area contributed by atoms with Crippen molar-refractivity contribution >= 4 is 12.4 Å². The number of rotatable bonds is 7. The molecule has 3 nitrogen and oxygen atoms in total. The van der Waals surface area contributed by atoms with Gasteiger partial charge in [-0.3, -0.25) is 0 Å². The van der Waals surface area contributed by atoms with Gasteiger partial charge >= 0.3 is 0 Å². The van der Waals surface area contributed by atoms with E-state index in [4.69, 9.17) is 4.74 Å². The van der Waals surface area contributed by atoms with Crippen molar-refractivity contribution in [3.05, 3.63) is 47.5 Å². The van der Waals surface area contributed by atoms with E-state index in [0.29, 0.717) is 12.4 Å². The van der Waals surface area contributed by atoms with Gasteiger partial charge in [0, 0.05) is 12.1 Å². The van der Waals surface area contributed by atoms with Gasteiger partial charge in [-0.25, -0.2) is 0 Å². The van der Waals surface area contributed by atoms with Crippen LogP contribution in [-0.2, 0) is 13.0 Å². The van der Waals surface area contributed by atoms with Crippen LogP contribution in [-0.4, -0.2) is 29.6 Å². The van der Waals surface area contributed by atoms with Gasteiger partial charge in [0.15, 0.2) is 11.5 Å². The van der Waals surface area contributed by atoms with Crippen LogP contribution in [0.5, 0.6) is 11.5 Å².